The van der Waals surface area contributed by atoms with E-state index < -0.39 is 18.5 Å². The summed E-state index contributed by atoms with van der Waals surface area (Å²) < 4.78 is 4.95. The van der Waals surface area contributed by atoms with Crippen molar-refractivity contribution in [2.45, 2.75) is 40.7 Å². The second kappa shape index (κ2) is 9.87. The van der Waals surface area contributed by atoms with Crippen LogP contribution in [0.25, 0.3) is 0 Å². The zero-order valence-electron chi connectivity index (χ0n) is 17.6. The van der Waals surface area contributed by atoms with Crippen LogP contribution in [0, 0.1) is 27.7 Å². The Morgan fingerprint density at radius 2 is 1.52 bits per heavy atom. The predicted octanol–water partition coefficient (Wildman–Crippen LogP) is 3.07. The highest BCUT2D eigenvalue weighted by Crippen LogP contribution is 2.16. The Bertz CT molecular complexity index is 921. The van der Waals surface area contributed by atoms with Crippen molar-refractivity contribution < 1.29 is 19.1 Å². The van der Waals surface area contributed by atoms with Gasteiger partial charge in [0, 0.05) is 5.56 Å². The van der Waals surface area contributed by atoms with Gasteiger partial charge < -0.3 is 15.4 Å². The lowest BCUT2D eigenvalue weighted by Gasteiger charge is -2.16. The fraction of sp³-hybridized carbons (Fsp3) is 0.348. The number of amides is 2. The largest absolute Gasteiger partial charge is 0.454 e. The Hall–Kier alpha value is -3.15. The van der Waals surface area contributed by atoms with Crippen molar-refractivity contribution in [3.05, 3.63) is 69.8 Å². The van der Waals surface area contributed by atoms with Gasteiger partial charge >= 0.3 is 5.97 Å². The van der Waals surface area contributed by atoms with E-state index in [4.69, 9.17) is 4.74 Å². The van der Waals surface area contributed by atoms with Crippen LogP contribution < -0.4 is 10.6 Å². The first-order valence-electron chi connectivity index (χ1n) is 9.55. The van der Waals surface area contributed by atoms with Gasteiger partial charge in [0.25, 0.3) is 11.8 Å². The number of nitrogens with one attached hydrogen (secondary N) is 2. The van der Waals surface area contributed by atoms with E-state index in [9.17, 15) is 14.4 Å². The molecule has 154 valence electrons. The molecule has 0 radical (unpaired) electrons. The first kappa shape index (κ1) is 22.1. The summed E-state index contributed by atoms with van der Waals surface area (Å²) in [6, 6.07) is 11.1. The van der Waals surface area contributed by atoms with Gasteiger partial charge in [0.15, 0.2) is 6.61 Å². The SMILES string of the molecule is Cc1ccc(C(=O)NCC(=O)OCC(=O)N[C@H](C)c2ccc(C)c(C)c2)cc1C. The third kappa shape index (κ3) is 6.45. The van der Waals surface area contributed by atoms with Gasteiger partial charge in [-0.25, -0.2) is 0 Å². The van der Waals surface area contributed by atoms with E-state index in [-0.39, 0.29) is 18.5 Å². The van der Waals surface area contributed by atoms with Crippen molar-refractivity contribution >= 4 is 17.8 Å². The molecule has 2 rings (SSSR count). The monoisotopic (exact) mass is 396 g/mol. The molecule has 0 bridgehead atoms. The number of ether oxygens (including phenoxy) is 1. The van der Waals surface area contributed by atoms with Gasteiger partial charge in [0.1, 0.15) is 6.54 Å². The minimum atomic E-state index is -0.670. The maximum absolute atomic E-state index is 12.1. The molecule has 2 amide bonds. The van der Waals surface area contributed by atoms with Crippen LogP contribution in [0.3, 0.4) is 0 Å². The van der Waals surface area contributed by atoms with Crippen LogP contribution in [0.4, 0.5) is 0 Å². The minimum Gasteiger partial charge on any atom is -0.454 e. The third-order valence-electron chi connectivity index (χ3n) is 4.94. The zero-order chi connectivity index (χ0) is 21.6. The molecule has 0 aliphatic rings. The first-order chi connectivity index (χ1) is 13.7. The Kier molecular flexibility index (Phi) is 7.53. The Labute approximate surface area is 171 Å². The molecule has 2 aromatic rings. The molecule has 6 nitrogen and oxygen atoms in total. The highest BCUT2D eigenvalue weighted by molar-refractivity contribution is 5.96. The summed E-state index contributed by atoms with van der Waals surface area (Å²) in [5.41, 5.74) is 5.87. The van der Waals surface area contributed by atoms with Gasteiger partial charge in [-0.2, -0.15) is 0 Å². The van der Waals surface area contributed by atoms with Crippen molar-refractivity contribution in [2.75, 3.05) is 13.2 Å². The van der Waals surface area contributed by atoms with Crippen molar-refractivity contribution in [2.24, 2.45) is 0 Å². The van der Waals surface area contributed by atoms with E-state index in [1.165, 1.54) is 5.56 Å². The van der Waals surface area contributed by atoms with Crippen LogP contribution in [0.2, 0.25) is 0 Å². The van der Waals surface area contributed by atoms with E-state index in [2.05, 4.69) is 10.6 Å². The van der Waals surface area contributed by atoms with Crippen LogP contribution in [0.1, 0.15) is 51.1 Å². The number of carbonyl (C=O) groups excluding carboxylic acids is 3. The lowest BCUT2D eigenvalue weighted by Crippen LogP contribution is -2.34. The lowest BCUT2D eigenvalue weighted by molar-refractivity contribution is -0.147. The molecular formula is C23H28N2O4. The molecule has 0 heterocycles. The number of hydrogen-bond donors (Lipinski definition) is 2. The van der Waals surface area contributed by atoms with Crippen molar-refractivity contribution in [1.82, 2.24) is 10.6 Å². The standard InChI is InChI=1S/C23H28N2O4/c1-14-6-8-19(10-16(14)3)18(5)25-21(26)13-29-22(27)12-24-23(28)20-9-7-15(2)17(4)11-20/h6-11,18H,12-13H2,1-5H3,(H,24,28)(H,25,26)/t18-/m1/s1. The number of benzene rings is 2. The van der Waals surface area contributed by atoms with E-state index in [1.54, 1.807) is 12.1 Å². The molecule has 0 saturated carbocycles. The number of esters is 1. The molecule has 2 N–H and O–H groups in total. The molecule has 0 fully saturated rings. The average molecular weight is 396 g/mol. The van der Waals surface area contributed by atoms with E-state index >= 15 is 0 Å². The molecule has 0 aliphatic carbocycles. The molecule has 1 atom stereocenters. The van der Waals surface area contributed by atoms with Crippen molar-refractivity contribution in [3.63, 3.8) is 0 Å². The van der Waals surface area contributed by atoms with Gasteiger partial charge in [-0.05, 0) is 74.6 Å². The molecule has 0 aliphatic heterocycles. The molecule has 0 aromatic heterocycles. The first-order valence-corrected chi connectivity index (χ1v) is 9.55. The van der Waals surface area contributed by atoms with Crippen LogP contribution >= 0.6 is 0 Å². The highest BCUT2D eigenvalue weighted by Gasteiger charge is 2.14. The molecule has 0 spiro atoms. The summed E-state index contributed by atoms with van der Waals surface area (Å²) in [6.45, 7) is 9.09. The van der Waals surface area contributed by atoms with E-state index in [0.717, 1.165) is 22.3 Å². The number of rotatable bonds is 7. The smallest absolute Gasteiger partial charge is 0.325 e. The third-order valence-corrected chi connectivity index (χ3v) is 4.94. The molecule has 0 saturated heterocycles. The number of carbonyl (C=O) groups is 3. The molecule has 2 aromatic carbocycles. The van der Waals surface area contributed by atoms with E-state index in [1.807, 2.05) is 58.9 Å². The number of hydrogen-bond acceptors (Lipinski definition) is 4. The fourth-order valence-corrected chi connectivity index (χ4v) is 2.73. The summed E-state index contributed by atoms with van der Waals surface area (Å²) in [5.74, 6) is -1.43. The second-order valence-corrected chi connectivity index (χ2v) is 7.28. The summed E-state index contributed by atoms with van der Waals surface area (Å²) in [4.78, 5) is 36.0. The summed E-state index contributed by atoms with van der Waals surface area (Å²) in [5, 5.41) is 5.30. The van der Waals surface area contributed by atoms with Gasteiger partial charge in [0.05, 0.1) is 6.04 Å². The van der Waals surface area contributed by atoms with Crippen LogP contribution in [-0.2, 0) is 14.3 Å². The van der Waals surface area contributed by atoms with Crippen LogP contribution in [0.15, 0.2) is 36.4 Å². The fourth-order valence-electron chi connectivity index (χ4n) is 2.73. The van der Waals surface area contributed by atoms with Crippen molar-refractivity contribution in [3.8, 4) is 0 Å². The lowest BCUT2D eigenvalue weighted by atomic mass is 10.0. The quantitative estimate of drug-likeness (QED) is 0.705. The molecular weight excluding hydrogens is 368 g/mol. The molecule has 29 heavy (non-hydrogen) atoms. The average Bonchev–Trinajstić information content (AvgIpc) is 2.68. The second-order valence-electron chi connectivity index (χ2n) is 7.28. The van der Waals surface area contributed by atoms with E-state index in [0.29, 0.717) is 5.56 Å². The van der Waals surface area contributed by atoms with Crippen LogP contribution in [-0.4, -0.2) is 30.9 Å². The van der Waals surface area contributed by atoms with Crippen molar-refractivity contribution in [1.29, 1.82) is 0 Å². The van der Waals surface area contributed by atoms with Gasteiger partial charge in [-0.3, -0.25) is 14.4 Å². The zero-order valence-corrected chi connectivity index (χ0v) is 17.6. The van der Waals surface area contributed by atoms with Crippen LogP contribution in [0.5, 0.6) is 0 Å². The topological polar surface area (TPSA) is 84.5 Å². The predicted molar refractivity (Wildman–Crippen MR) is 112 cm³/mol. The Balaban J connectivity index is 1.76. The molecule has 6 heteroatoms. The minimum absolute atomic E-state index is 0.204. The normalized spacial score (nSPS) is 11.5. The highest BCUT2D eigenvalue weighted by atomic mass is 16.5. The Morgan fingerprint density at radius 3 is 2.14 bits per heavy atom. The van der Waals surface area contributed by atoms with Gasteiger partial charge in [0.2, 0.25) is 0 Å². The molecule has 0 unspecified atom stereocenters. The summed E-state index contributed by atoms with van der Waals surface area (Å²) >= 11 is 0. The van der Waals surface area contributed by atoms with Gasteiger partial charge in [-0.15, -0.1) is 0 Å². The number of aryl methyl sites for hydroxylation is 4. The summed E-state index contributed by atoms with van der Waals surface area (Å²) in [7, 11) is 0. The maximum Gasteiger partial charge on any atom is 0.325 e. The van der Waals surface area contributed by atoms with Gasteiger partial charge in [-0.1, -0.05) is 24.3 Å². The maximum atomic E-state index is 12.1. The Morgan fingerprint density at radius 1 is 0.897 bits per heavy atom. The summed E-state index contributed by atoms with van der Waals surface area (Å²) in [6.07, 6.45) is 0.